The molecule has 0 aromatic heterocycles. The maximum Gasteiger partial charge on any atom is 0.330 e. The fourth-order valence-electron chi connectivity index (χ4n) is 0. The van der Waals surface area contributed by atoms with E-state index in [-0.39, 0.29) is 11.1 Å². The number of carboxylic acid groups (broad SMARTS) is 2. The summed E-state index contributed by atoms with van der Waals surface area (Å²) in [6.07, 6.45) is 0. The van der Waals surface area contributed by atoms with Crippen LogP contribution in [0.2, 0.25) is 0 Å². The maximum atomic E-state index is 9.60. The molecule has 4 nitrogen and oxygen atoms in total. The van der Waals surface area contributed by atoms with Gasteiger partial charge in [0.2, 0.25) is 0 Å². The lowest BCUT2D eigenvalue weighted by molar-refractivity contribution is -0.133. The van der Waals surface area contributed by atoms with Gasteiger partial charge in [0.05, 0.1) is 0 Å². The SMILES string of the molecule is C=C.C=C.C=C(C)C(=O)O.C=C(C)C(=O)O. The van der Waals surface area contributed by atoms with Crippen molar-refractivity contribution in [1.29, 1.82) is 0 Å². The van der Waals surface area contributed by atoms with Crippen molar-refractivity contribution in [3.05, 3.63) is 50.6 Å². The Morgan fingerprint density at radius 2 is 0.812 bits per heavy atom. The quantitative estimate of drug-likeness (QED) is 0.563. The van der Waals surface area contributed by atoms with Gasteiger partial charge in [0.25, 0.3) is 0 Å². The minimum Gasteiger partial charge on any atom is -0.478 e. The molecule has 0 aromatic rings. The highest BCUT2D eigenvalue weighted by Crippen LogP contribution is 1.81. The Kier molecular flexibility index (Phi) is 27.5. The molecule has 0 heterocycles. The molecule has 0 aromatic carbocycles. The predicted molar refractivity (Wildman–Crippen MR) is 67.4 cm³/mol. The average Bonchev–Trinajstić information content (AvgIpc) is 2.24. The van der Waals surface area contributed by atoms with Gasteiger partial charge in [-0.1, -0.05) is 13.2 Å². The van der Waals surface area contributed by atoms with Gasteiger partial charge < -0.3 is 10.2 Å². The van der Waals surface area contributed by atoms with Crippen LogP contribution in [0.4, 0.5) is 0 Å². The van der Waals surface area contributed by atoms with E-state index in [1.165, 1.54) is 13.8 Å². The molecule has 0 saturated heterocycles. The van der Waals surface area contributed by atoms with Crippen LogP contribution in [-0.2, 0) is 9.59 Å². The van der Waals surface area contributed by atoms with Gasteiger partial charge in [-0.25, -0.2) is 9.59 Å². The summed E-state index contributed by atoms with van der Waals surface area (Å²) in [7, 11) is 0. The molecule has 0 aliphatic rings. The van der Waals surface area contributed by atoms with Gasteiger partial charge in [-0.05, 0) is 13.8 Å². The van der Waals surface area contributed by atoms with E-state index in [9.17, 15) is 9.59 Å². The summed E-state index contributed by atoms with van der Waals surface area (Å²) in [6, 6.07) is 0. The highest BCUT2D eigenvalue weighted by molar-refractivity contribution is 5.85. The second kappa shape index (κ2) is 18.6. The molecular formula is C12H20O4. The van der Waals surface area contributed by atoms with Crippen LogP contribution >= 0.6 is 0 Å². The standard InChI is InChI=1S/2C4H6O2.2C2H4/c2*1-3(2)4(5)6;2*1-2/h2*1H2,2H3,(H,5,6);2*1-2H2. The Morgan fingerprint density at radius 1 is 0.750 bits per heavy atom. The first-order valence-corrected chi connectivity index (χ1v) is 4.06. The summed E-state index contributed by atoms with van der Waals surface area (Å²) in [6.45, 7) is 21.2. The van der Waals surface area contributed by atoms with Gasteiger partial charge in [0.1, 0.15) is 0 Å². The molecule has 92 valence electrons. The van der Waals surface area contributed by atoms with Crippen LogP contribution in [0.5, 0.6) is 0 Å². The molecule has 0 bridgehead atoms. The predicted octanol–water partition coefficient (Wildman–Crippen LogP) is 2.90. The van der Waals surface area contributed by atoms with Crippen molar-refractivity contribution in [2.75, 3.05) is 0 Å². The third-order valence-electron chi connectivity index (χ3n) is 0.730. The smallest absolute Gasteiger partial charge is 0.330 e. The Morgan fingerprint density at radius 3 is 0.812 bits per heavy atom. The molecule has 16 heavy (non-hydrogen) atoms. The van der Waals surface area contributed by atoms with Crippen molar-refractivity contribution in [3.63, 3.8) is 0 Å². The molecule has 0 unspecified atom stereocenters. The van der Waals surface area contributed by atoms with Crippen LogP contribution < -0.4 is 0 Å². The highest BCUT2D eigenvalue weighted by Gasteiger charge is 1.90. The molecular weight excluding hydrogens is 208 g/mol. The van der Waals surface area contributed by atoms with Gasteiger partial charge in [-0.3, -0.25) is 0 Å². The van der Waals surface area contributed by atoms with Crippen molar-refractivity contribution in [2.24, 2.45) is 0 Å². The summed E-state index contributed by atoms with van der Waals surface area (Å²) in [4.78, 5) is 19.2. The number of rotatable bonds is 2. The van der Waals surface area contributed by atoms with Crippen molar-refractivity contribution in [3.8, 4) is 0 Å². The topological polar surface area (TPSA) is 74.6 Å². The molecule has 0 spiro atoms. The van der Waals surface area contributed by atoms with Crippen LogP contribution in [0.3, 0.4) is 0 Å². The highest BCUT2D eigenvalue weighted by atomic mass is 16.4. The number of hydrogen-bond donors (Lipinski definition) is 2. The minimum absolute atomic E-state index is 0.176. The summed E-state index contributed by atoms with van der Waals surface area (Å²) in [5.74, 6) is -1.87. The fourth-order valence-corrected chi connectivity index (χ4v) is 0. The van der Waals surface area contributed by atoms with E-state index < -0.39 is 11.9 Å². The zero-order chi connectivity index (χ0) is 14.3. The first-order chi connectivity index (χ1) is 7.29. The molecule has 0 fully saturated rings. The third kappa shape index (κ3) is 40.6. The Balaban J connectivity index is -0.0000000686. The van der Waals surface area contributed by atoms with Crippen LogP contribution in [0.15, 0.2) is 50.6 Å². The number of hydrogen-bond acceptors (Lipinski definition) is 2. The van der Waals surface area contributed by atoms with Crippen molar-refractivity contribution < 1.29 is 19.8 Å². The summed E-state index contributed by atoms with van der Waals surface area (Å²) >= 11 is 0. The average molecular weight is 228 g/mol. The second-order valence-electron chi connectivity index (χ2n) is 2.17. The lowest BCUT2D eigenvalue weighted by Crippen LogP contribution is -1.92. The van der Waals surface area contributed by atoms with Crippen molar-refractivity contribution >= 4 is 11.9 Å². The van der Waals surface area contributed by atoms with E-state index in [4.69, 9.17) is 10.2 Å². The molecule has 4 heteroatoms. The molecule has 0 aliphatic heterocycles. The fraction of sp³-hybridized carbons (Fsp3) is 0.167. The molecule has 0 aliphatic carbocycles. The Bertz CT molecular complexity index is 191. The van der Waals surface area contributed by atoms with Gasteiger partial charge in [0, 0.05) is 11.1 Å². The lowest BCUT2D eigenvalue weighted by atomic mass is 10.4. The largest absolute Gasteiger partial charge is 0.478 e. The van der Waals surface area contributed by atoms with E-state index >= 15 is 0 Å². The molecule has 0 radical (unpaired) electrons. The summed E-state index contributed by atoms with van der Waals surface area (Å²) in [5.41, 5.74) is 0.352. The zero-order valence-corrected chi connectivity index (χ0v) is 9.95. The molecule has 0 rings (SSSR count). The summed E-state index contributed by atoms with van der Waals surface area (Å²) in [5, 5.41) is 15.8. The minimum atomic E-state index is -0.935. The maximum absolute atomic E-state index is 9.60. The van der Waals surface area contributed by atoms with Gasteiger partial charge in [0.15, 0.2) is 0 Å². The van der Waals surface area contributed by atoms with Gasteiger partial charge >= 0.3 is 11.9 Å². The lowest BCUT2D eigenvalue weighted by Gasteiger charge is -1.79. The first-order valence-electron chi connectivity index (χ1n) is 4.06. The zero-order valence-electron chi connectivity index (χ0n) is 9.95. The second-order valence-corrected chi connectivity index (χ2v) is 2.17. The molecule has 0 atom stereocenters. The number of carboxylic acids is 2. The van der Waals surface area contributed by atoms with E-state index in [2.05, 4.69) is 39.5 Å². The normalized spacial score (nSPS) is 6.12. The van der Waals surface area contributed by atoms with Gasteiger partial charge in [-0.15, -0.1) is 26.3 Å². The first kappa shape index (κ1) is 23.6. The number of aliphatic carboxylic acids is 2. The van der Waals surface area contributed by atoms with Crippen molar-refractivity contribution in [2.45, 2.75) is 13.8 Å². The van der Waals surface area contributed by atoms with E-state index in [1.807, 2.05) is 0 Å². The third-order valence-corrected chi connectivity index (χ3v) is 0.730. The molecule has 0 saturated carbocycles. The van der Waals surface area contributed by atoms with E-state index in [0.29, 0.717) is 0 Å². The van der Waals surface area contributed by atoms with E-state index in [1.54, 1.807) is 0 Å². The monoisotopic (exact) mass is 228 g/mol. The van der Waals surface area contributed by atoms with E-state index in [0.717, 1.165) is 0 Å². The Hall–Kier alpha value is -2.10. The Labute approximate surface area is 96.9 Å². The number of carbonyl (C=O) groups is 2. The van der Waals surface area contributed by atoms with Crippen LogP contribution in [0.25, 0.3) is 0 Å². The van der Waals surface area contributed by atoms with Crippen molar-refractivity contribution in [1.82, 2.24) is 0 Å². The van der Waals surface area contributed by atoms with Crippen LogP contribution in [0.1, 0.15) is 13.8 Å². The van der Waals surface area contributed by atoms with Crippen LogP contribution in [-0.4, -0.2) is 22.2 Å². The molecule has 0 amide bonds. The van der Waals surface area contributed by atoms with Crippen LogP contribution in [0, 0.1) is 0 Å². The summed E-state index contributed by atoms with van der Waals surface area (Å²) < 4.78 is 0. The van der Waals surface area contributed by atoms with Gasteiger partial charge in [-0.2, -0.15) is 0 Å². The molecule has 2 N–H and O–H groups in total.